The van der Waals surface area contributed by atoms with Gasteiger partial charge in [0.25, 0.3) is 6.71 Å². The molecule has 2 aliphatic rings. The number of rotatable bonds is 13. The molecule has 5 heteroatoms. The summed E-state index contributed by atoms with van der Waals surface area (Å²) in [6.45, 7) is 24.6. The Hall–Kier alpha value is -13.2. The summed E-state index contributed by atoms with van der Waals surface area (Å²) >= 11 is 0. The summed E-state index contributed by atoms with van der Waals surface area (Å²) in [4.78, 5) is 5.24. The van der Waals surface area contributed by atoms with Crippen LogP contribution in [-0.4, -0.2) is 15.8 Å². The van der Waals surface area contributed by atoms with Gasteiger partial charge in [0, 0.05) is 73.0 Å². The maximum absolute atomic E-state index is 4.31. The highest BCUT2D eigenvalue weighted by Crippen LogP contribution is 2.52. The molecule has 0 saturated heterocycles. The molecule has 19 rings (SSSR count). The quantitative estimate of drug-likeness (QED) is 0.0845. The Kier molecular flexibility index (Phi) is 17.2. The summed E-state index contributed by atoms with van der Waals surface area (Å²) in [5.41, 5.74) is 35.5. The fourth-order valence-electron chi connectivity index (χ4n) is 17.7. The van der Waals surface area contributed by atoms with E-state index in [0.29, 0.717) is 0 Å². The van der Waals surface area contributed by atoms with Gasteiger partial charge in [0.05, 0.1) is 27.8 Å². The van der Waals surface area contributed by atoms with Gasteiger partial charge in [0.2, 0.25) is 0 Å². The minimum atomic E-state index is -0.268. The number of allylic oxidation sites excluding steroid dienone is 4. The van der Waals surface area contributed by atoms with E-state index in [9.17, 15) is 0 Å². The van der Waals surface area contributed by atoms with E-state index in [1.54, 1.807) is 0 Å². The van der Waals surface area contributed by atoms with Crippen molar-refractivity contribution in [2.24, 2.45) is 0 Å². The third-order valence-electron chi connectivity index (χ3n) is 23.6. The van der Waals surface area contributed by atoms with Crippen molar-refractivity contribution in [2.75, 3.05) is 9.80 Å². The van der Waals surface area contributed by atoms with E-state index in [1.807, 2.05) is 6.08 Å². The summed E-state index contributed by atoms with van der Waals surface area (Å²) in [6, 6.07) is 129. The monoisotopic (exact) mass is 1450 g/mol. The first kappa shape index (κ1) is 70.2. The molecule has 113 heavy (non-hydrogen) atoms. The van der Waals surface area contributed by atoms with E-state index in [-0.39, 0.29) is 23.0 Å². The summed E-state index contributed by atoms with van der Waals surface area (Å²) in [7, 11) is 0. The second-order valence-corrected chi connectivity index (χ2v) is 33.8. The van der Waals surface area contributed by atoms with Gasteiger partial charge in [-0.1, -0.05) is 348 Å². The number of hydrogen-bond acceptors (Lipinski definition) is 2. The van der Waals surface area contributed by atoms with Gasteiger partial charge in [-0.3, -0.25) is 0 Å². The molecule has 0 fully saturated rings. The normalized spacial score (nSPS) is 13.0. The average Bonchev–Trinajstić information content (AvgIpc) is 0.718. The summed E-state index contributed by atoms with van der Waals surface area (Å²) in [5, 5.41) is 4.86. The first-order valence-electron chi connectivity index (χ1n) is 39.8. The standard InChI is InChI=1S/C108H89BN4/c1-11-12-28-81(78-34-24-31-75(63-78)72-47-53-83(54-48-72)106(2,3)4)70-110-100-68-86(111-96-43-20-16-37-90(96)91-38-17-21-44-97(91)111)59-61-94(100)109-95-62-60-87(112-98-45-22-18-39-92(98)93-40-19-23-46-99(93)112)69-101(95)113(103-67-82(66-102(110)104(103)109)71-29-14-13-15-30-71)105-88(79-35-25-32-76(64-79)73-49-55-84(56-50-73)107(5,6)7)41-27-42-89(105)80-36-26-33-77(65-80)74-51-57-85(58-52-74)108(8,9)10/h11-70H,1H2,2-10H3/b28-12-,81-70-. The van der Waals surface area contributed by atoms with Gasteiger partial charge in [-0.2, -0.15) is 0 Å². The summed E-state index contributed by atoms with van der Waals surface area (Å²) < 4.78 is 4.97. The van der Waals surface area contributed by atoms with Crippen molar-refractivity contribution in [3.63, 3.8) is 0 Å². The van der Waals surface area contributed by atoms with Crippen molar-refractivity contribution >= 4 is 101 Å². The van der Waals surface area contributed by atoms with E-state index in [4.69, 9.17) is 0 Å². The summed E-state index contributed by atoms with van der Waals surface area (Å²) in [5.74, 6) is 0. The smallest absolute Gasteiger partial charge is 0.252 e. The number of fused-ring (bicyclic) bond motifs is 10. The van der Waals surface area contributed by atoms with Gasteiger partial charge < -0.3 is 18.9 Å². The molecule has 2 aliphatic heterocycles. The number of nitrogens with zero attached hydrogens (tertiary/aromatic N) is 4. The van der Waals surface area contributed by atoms with Crippen LogP contribution in [-0.2, 0) is 16.2 Å². The minimum absolute atomic E-state index is 0.00736. The Morgan fingerprint density at radius 1 is 0.310 bits per heavy atom. The number of hydrogen-bond donors (Lipinski definition) is 0. The number of aromatic nitrogens is 2. The SMILES string of the molecule is C=C/C=C\C(=C\N1c2cc(-n3c4ccccc4c4ccccc43)ccc2B2c3ccc(-n4c5ccccc5c5ccccc54)cc3N(c3c(-c4cccc(-c5ccc(C(C)(C)C)cc5)c4)cccc3-c3cccc(-c4ccc(C(C)(C)C)cc4)c3)c3cc(-c4ccccc4)cc1c32)c1cccc(-c2ccc(C(C)(C)C)cc2)c1. The van der Waals surface area contributed by atoms with Gasteiger partial charge in [-0.15, -0.1) is 0 Å². The highest BCUT2D eigenvalue weighted by atomic mass is 15.2. The fourth-order valence-corrected chi connectivity index (χ4v) is 17.7. The van der Waals surface area contributed by atoms with Crippen LogP contribution >= 0.6 is 0 Å². The minimum Gasteiger partial charge on any atom is -0.317 e. The van der Waals surface area contributed by atoms with Gasteiger partial charge in [-0.25, -0.2) is 0 Å². The fraction of sp³-hybridized carbons (Fsp3) is 0.111. The van der Waals surface area contributed by atoms with E-state index >= 15 is 0 Å². The van der Waals surface area contributed by atoms with Crippen molar-refractivity contribution in [1.82, 2.24) is 9.13 Å². The second kappa shape index (κ2) is 27.7. The first-order valence-corrected chi connectivity index (χ1v) is 39.8. The molecule has 0 saturated carbocycles. The molecule has 15 aromatic carbocycles. The zero-order valence-electron chi connectivity index (χ0n) is 65.7. The van der Waals surface area contributed by atoms with E-state index in [1.165, 1.54) is 71.3 Å². The Labute approximate surface area is 665 Å². The largest absolute Gasteiger partial charge is 0.317 e. The highest BCUT2D eigenvalue weighted by molar-refractivity contribution is 7.00. The Morgan fingerprint density at radius 2 is 0.690 bits per heavy atom. The first-order chi connectivity index (χ1) is 54.9. The maximum Gasteiger partial charge on any atom is 0.252 e. The molecule has 544 valence electrons. The Morgan fingerprint density at radius 3 is 1.15 bits per heavy atom. The van der Waals surface area contributed by atoms with Crippen LogP contribution in [0.25, 0.3) is 127 Å². The molecule has 17 aromatic rings. The second-order valence-electron chi connectivity index (χ2n) is 33.8. The van der Waals surface area contributed by atoms with Crippen LogP contribution in [0.3, 0.4) is 0 Å². The lowest BCUT2D eigenvalue weighted by molar-refractivity contribution is 0.590. The predicted octanol–water partition coefficient (Wildman–Crippen LogP) is 27.3. The van der Waals surface area contributed by atoms with Crippen LogP contribution in [0.1, 0.15) is 84.6 Å². The van der Waals surface area contributed by atoms with Crippen molar-refractivity contribution < 1.29 is 0 Å². The highest BCUT2D eigenvalue weighted by Gasteiger charge is 2.45. The van der Waals surface area contributed by atoms with Gasteiger partial charge in [0.1, 0.15) is 0 Å². The number of benzene rings is 15. The van der Waals surface area contributed by atoms with Crippen molar-refractivity contribution in [3.05, 3.63) is 393 Å². The third kappa shape index (κ3) is 12.4. The van der Waals surface area contributed by atoms with Gasteiger partial charge in [0.15, 0.2) is 0 Å². The zero-order valence-corrected chi connectivity index (χ0v) is 65.7. The molecular weight excluding hydrogens is 1360 g/mol. The molecule has 0 unspecified atom stereocenters. The number of anilines is 5. The van der Waals surface area contributed by atoms with Gasteiger partial charge in [-0.05, 0) is 195 Å². The van der Waals surface area contributed by atoms with Crippen LogP contribution in [0.4, 0.5) is 28.4 Å². The third-order valence-corrected chi connectivity index (χ3v) is 23.6. The van der Waals surface area contributed by atoms with Crippen LogP contribution < -0.4 is 26.2 Å². The van der Waals surface area contributed by atoms with E-state index < -0.39 is 0 Å². The van der Waals surface area contributed by atoms with Crippen LogP contribution in [0.5, 0.6) is 0 Å². The average molecular weight is 1450 g/mol. The lowest BCUT2D eigenvalue weighted by Gasteiger charge is -2.45. The van der Waals surface area contributed by atoms with E-state index in [2.05, 4.69) is 446 Å². The molecule has 0 radical (unpaired) electrons. The molecule has 0 spiro atoms. The lowest BCUT2D eigenvalue weighted by atomic mass is 9.33. The molecule has 2 aromatic heterocycles. The molecule has 0 N–H and O–H groups in total. The molecular formula is C108H89BN4. The topological polar surface area (TPSA) is 16.3 Å². The molecule has 0 aliphatic carbocycles. The van der Waals surface area contributed by atoms with Crippen LogP contribution in [0, 0.1) is 0 Å². The summed E-state index contributed by atoms with van der Waals surface area (Å²) in [6.07, 6.45) is 8.65. The van der Waals surface area contributed by atoms with Crippen LogP contribution in [0.15, 0.2) is 371 Å². The number of para-hydroxylation sites is 5. The predicted molar refractivity (Wildman–Crippen MR) is 486 cm³/mol. The van der Waals surface area contributed by atoms with Gasteiger partial charge >= 0.3 is 0 Å². The molecule has 4 nitrogen and oxygen atoms in total. The maximum atomic E-state index is 4.31. The lowest BCUT2D eigenvalue weighted by Crippen LogP contribution is -2.61. The molecule has 0 amide bonds. The molecule has 0 atom stereocenters. The van der Waals surface area contributed by atoms with E-state index in [0.717, 1.165) is 123 Å². The van der Waals surface area contributed by atoms with Crippen molar-refractivity contribution in [1.29, 1.82) is 0 Å². The van der Waals surface area contributed by atoms with Crippen molar-refractivity contribution in [2.45, 2.75) is 78.6 Å². The van der Waals surface area contributed by atoms with Crippen molar-refractivity contribution in [3.8, 4) is 78.1 Å². The Bertz CT molecular complexity index is 6450. The zero-order chi connectivity index (χ0) is 77.0. The molecule has 0 bridgehead atoms. The Balaban J connectivity index is 0.934. The van der Waals surface area contributed by atoms with Crippen LogP contribution in [0.2, 0.25) is 0 Å². The molecule has 4 heterocycles.